The van der Waals surface area contributed by atoms with Crippen LogP contribution >= 0.6 is 15.9 Å². The van der Waals surface area contributed by atoms with Crippen molar-refractivity contribution in [1.82, 2.24) is 0 Å². The first-order valence-electron chi connectivity index (χ1n) is 5.92. The maximum absolute atomic E-state index is 11.9. The van der Waals surface area contributed by atoms with E-state index in [0.717, 1.165) is 4.47 Å². The average Bonchev–Trinajstić information content (AvgIpc) is 2.27. The van der Waals surface area contributed by atoms with Crippen LogP contribution in [0.3, 0.4) is 0 Å². The molecule has 0 aliphatic carbocycles. The molecular weight excluding hydrogens is 308 g/mol. The second-order valence-corrected chi connectivity index (χ2v) is 6.12. The monoisotopic (exact) mass is 324 g/mol. The highest BCUT2D eigenvalue weighted by Crippen LogP contribution is 2.22. The van der Waals surface area contributed by atoms with Crippen molar-refractivity contribution in [2.75, 3.05) is 5.32 Å². The second kappa shape index (κ2) is 6.07. The highest BCUT2D eigenvalue weighted by Gasteiger charge is 2.22. The molecule has 0 heterocycles. The third kappa shape index (κ3) is 4.92. The summed E-state index contributed by atoms with van der Waals surface area (Å²) in [7, 11) is 0. The fourth-order valence-electron chi connectivity index (χ4n) is 1.42. The van der Waals surface area contributed by atoms with E-state index in [2.05, 4.69) is 27.3 Å². The predicted molar refractivity (Wildman–Crippen MR) is 77.8 cm³/mol. The Balaban J connectivity index is 2.83. The number of ether oxygens (including phenoxy) is 1. The van der Waals surface area contributed by atoms with Gasteiger partial charge in [0.25, 0.3) is 0 Å². The largest absolute Gasteiger partial charge is 0.458 e. The summed E-state index contributed by atoms with van der Waals surface area (Å²) < 4.78 is 6.12. The number of hydrogen-bond donors (Lipinski definition) is 1. The fourth-order valence-corrected chi connectivity index (χ4v) is 1.78. The summed E-state index contributed by atoms with van der Waals surface area (Å²) in [4.78, 5) is 11.9. The lowest BCUT2D eigenvalue weighted by atomic mass is 10.1. The van der Waals surface area contributed by atoms with Gasteiger partial charge in [0.05, 0.1) is 11.3 Å². The van der Waals surface area contributed by atoms with E-state index in [1.54, 1.807) is 25.1 Å². The first kappa shape index (κ1) is 15.5. The molecule has 1 atom stereocenters. The highest BCUT2D eigenvalue weighted by molar-refractivity contribution is 9.10. The summed E-state index contributed by atoms with van der Waals surface area (Å²) in [5.74, 6) is -0.351. The van der Waals surface area contributed by atoms with Gasteiger partial charge in [-0.05, 0) is 45.9 Å². The minimum absolute atomic E-state index is 0.351. The van der Waals surface area contributed by atoms with Gasteiger partial charge in [0.2, 0.25) is 0 Å². The van der Waals surface area contributed by atoms with Crippen LogP contribution in [-0.2, 0) is 9.53 Å². The van der Waals surface area contributed by atoms with Crippen LogP contribution < -0.4 is 5.32 Å². The summed E-state index contributed by atoms with van der Waals surface area (Å²) >= 11 is 3.34. The van der Waals surface area contributed by atoms with E-state index in [-0.39, 0.29) is 5.97 Å². The molecule has 1 rings (SSSR count). The van der Waals surface area contributed by atoms with Gasteiger partial charge >= 0.3 is 5.97 Å². The van der Waals surface area contributed by atoms with Crippen LogP contribution in [0.2, 0.25) is 0 Å². The van der Waals surface area contributed by atoms with Gasteiger partial charge in [-0.25, -0.2) is 4.79 Å². The Hall–Kier alpha value is -1.54. The van der Waals surface area contributed by atoms with Crippen molar-refractivity contribution in [1.29, 1.82) is 5.26 Å². The Bertz CT molecular complexity index is 515. The summed E-state index contributed by atoms with van der Waals surface area (Å²) in [6, 6.07) is 6.78. The normalized spacial score (nSPS) is 12.4. The number of carbonyl (C=O) groups excluding carboxylic acids is 1. The lowest BCUT2D eigenvalue weighted by Gasteiger charge is -2.23. The molecule has 0 fully saturated rings. The van der Waals surface area contributed by atoms with Crippen LogP contribution in [0.15, 0.2) is 22.7 Å². The third-order valence-corrected chi connectivity index (χ3v) is 2.73. The number of carbonyl (C=O) groups is 1. The number of nitrogens with one attached hydrogen (secondary N) is 1. The average molecular weight is 325 g/mol. The van der Waals surface area contributed by atoms with Gasteiger partial charge < -0.3 is 10.1 Å². The molecule has 102 valence electrons. The van der Waals surface area contributed by atoms with E-state index in [4.69, 9.17) is 10.00 Å². The minimum Gasteiger partial charge on any atom is -0.458 e. The Morgan fingerprint density at radius 1 is 1.47 bits per heavy atom. The molecule has 0 aliphatic rings. The van der Waals surface area contributed by atoms with Gasteiger partial charge in [-0.2, -0.15) is 5.26 Å². The van der Waals surface area contributed by atoms with E-state index < -0.39 is 11.6 Å². The standard InChI is InChI=1S/C14H17BrN2O2/c1-9(13(18)19-14(2,3)4)17-12-7-11(15)6-5-10(12)8-16/h5-7,9,17H,1-4H3. The number of nitriles is 1. The number of halogens is 1. The molecule has 1 unspecified atom stereocenters. The second-order valence-electron chi connectivity index (χ2n) is 5.20. The number of benzene rings is 1. The van der Waals surface area contributed by atoms with Crippen LogP contribution in [0.25, 0.3) is 0 Å². The SMILES string of the molecule is CC(Nc1cc(Br)ccc1C#N)C(=O)OC(C)(C)C. The summed E-state index contributed by atoms with van der Waals surface area (Å²) in [5, 5.41) is 12.0. The molecule has 0 spiro atoms. The fraction of sp³-hybridized carbons (Fsp3) is 0.429. The van der Waals surface area contributed by atoms with Crippen LogP contribution in [-0.4, -0.2) is 17.6 Å². The van der Waals surface area contributed by atoms with E-state index in [1.807, 2.05) is 20.8 Å². The first-order valence-corrected chi connectivity index (χ1v) is 6.71. The molecule has 0 aliphatic heterocycles. The summed E-state index contributed by atoms with van der Waals surface area (Å²) in [6.07, 6.45) is 0. The summed E-state index contributed by atoms with van der Waals surface area (Å²) in [6.45, 7) is 7.16. The zero-order valence-corrected chi connectivity index (χ0v) is 13.0. The lowest BCUT2D eigenvalue weighted by molar-refractivity contribution is -0.155. The molecule has 1 aromatic carbocycles. The van der Waals surface area contributed by atoms with Crippen molar-refractivity contribution in [2.45, 2.75) is 39.3 Å². The van der Waals surface area contributed by atoms with Gasteiger partial charge in [0.1, 0.15) is 17.7 Å². The van der Waals surface area contributed by atoms with Crippen molar-refractivity contribution in [2.24, 2.45) is 0 Å². The molecular formula is C14H17BrN2O2. The van der Waals surface area contributed by atoms with Gasteiger partial charge in [0, 0.05) is 4.47 Å². The maximum atomic E-state index is 11.9. The van der Waals surface area contributed by atoms with Crippen molar-refractivity contribution >= 4 is 27.6 Å². The van der Waals surface area contributed by atoms with Gasteiger partial charge in [0.15, 0.2) is 0 Å². The van der Waals surface area contributed by atoms with Gasteiger partial charge in [-0.15, -0.1) is 0 Å². The molecule has 0 amide bonds. The highest BCUT2D eigenvalue weighted by atomic mass is 79.9. The number of hydrogen-bond acceptors (Lipinski definition) is 4. The quantitative estimate of drug-likeness (QED) is 0.865. The Labute approximate surface area is 121 Å². The van der Waals surface area contributed by atoms with Gasteiger partial charge in [-0.3, -0.25) is 0 Å². The Morgan fingerprint density at radius 3 is 2.63 bits per heavy atom. The van der Waals surface area contributed by atoms with E-state index >= 15 is 0 Å². The molecule has 1 N–H and O–H groups in total. The first-order chi connectivity index (χ1) is 8.73. The van der Waals surface area contributed by atoms with Crippen LogP contribution in [0.1, 0.15) is 33.3 Å². The molecule has 19 heavy (non-hydrogen) atoms. The summed E-state index contributed by atoms with van der Waals surface area (Å²) in [5.41, 5.74) is 0.566. The van der Waals surface area contributed by atoms with Crippen molar-refractivity contribution in [3.05, 3.63) is 28.2 Å². The van der Waals surface area contributed by atoms with E-state index in [9.17, 15) is 4.79 Å². The van der Waals surface area contributed by atoms with Crippen molar-refractivity contribution in [3.63, 3.8) is 0 Å². The molecule has 4 nitrogen and oxygen atoms in total. The lowest BCUT2D eigenvalue weighted by Crippen LogP contribution is -2.34. The zero-order valence-electron chi connectivity index (χ0n) is 11.5. The number of anilines is 1. The Morgan fingerprint density at radius 2 is 2.11 bits per heavy atom. The van der Waals surface area contributed by atoms with E-state index in [0.29, 0.717) is 11.3 Å². The molecule has 0 bridgehead atoms. The number of esters is 1. The van der Waals surface area contributed by atoms with Crippen molar-refractivity contribution < 1.29 is 9.53 Å². The van der Waals surface area contributed by atoms with Crippen LogP contribution in [0, 0.1) is 11.3 Å². The van der Waals surface area contributed by atoms with Crippen LogP contribution in [0.4, 0.5) is 5.69 Å². The minimum atomic E-state index is -0.527. The molecule has 1 aromatic rings. The number of nitrogens with zero attached hydrogens (tertiary/aromatic N) is 1. The molecule has 5 heteroatoms. The van der Waals surface area contributed by atoms with Gasteiger partial charge in [-0.1, -0.05) is 15.9 Å². The smallest absolute Gasteiger partial charge is 0.328 e. The topological polar surface area (TPSA) is 62.1 Å². The molecule has 0 saturated heterocycles. The number of rotatable bonds is 3. The Kier molecular flexibility index (Phi) is 4.96. The third-order valence-electron chi connectivity index (χ3n) is 2.23. The molecule has 0 saturated carbocycles. The maximum Gasteiger partial charge on any atom is 0.328 e. The zero-order chi connectivity index (χ0) is 14.6. The predicted octanol–water partition coefficient (Wildman–Crippen LogP) is 3.46. The molecule has 0 aromatic heterocycles. The van der Waals surface area contributed by atoms with Crippen LogP contribution in [0.5, 0.6) is 0 Å². The van der Waals surface area contributed by atoms with Crippen molar-refractivity contribution in [3.8, 4) is 6.07 Å². The van der Waals surface area contributed by atoms with E-state index in [1.165, 1.54) is 0 Å². The molecule has 0 radical (unpaired) electrons.